The highest BCUT2D eigenvalue weighted by molar-refractivity contribution is 9.10. The van der Waals surface area contributed by atoms with Gasteiger partial charge in [0.25, 0.3) is 0 Å². The normalized spacial score (nSPS) is 15.5. The summed E-state index contributed by atoms with van der Waals surface area (Å²) in [7, 11) is 1.59. The summed E-state index contributed by atoms with van der Waals surface area (Å²) in [5.41, 5.74) is 13.2. The number of esters is 3. The zero-order valence-electron chi connectivity index (χ0n) is 41.3. The van der Waals surface area contributed by atoms with Gasteiger partial charge in [-0.3, -0.25) is 0 Å². The first kappa shape index (κ1) is 50.1. The molecule has 6 aromatic rings. The molecule has 9 rings (SSSR count). The van der Waals surface area contributed by atoms with Crippen LogP contribution in [0.15, 0.2) is 156 Å². The molecule has 0 unspecified atom stereocenters. The molecule has 0 fully saturated rings. The van der Waals surface area contributed by atoms with E-state index in [0.717, 1.165) is 29.3 Å². The molecule has 0 aliphatic heterocycles. The molecule has 0 atom stereocenters. The van der Waals surface area contributed by atoms with Gasteiger partial charge in [-0.25, -0.2) is 14.4 Å². The fourth-order valence-corrected chi connectivity index (χ4v) is 9.91. The lowest BCUT2D eigenvalue weighted by molar-refractivity contribution is 0.0724. The van der Waals surface area contributed by atoms with Gasteiger partial charge in [-0.05, 0) is 207 Å². The van der Waals surface area contributed by atoms with Crippen LogP contribution in [0.25, 0.3) is 16.7 Å². The third-order valence-electron chi connectivity index (χ3n) is 12.3. The van der Waals surface area contributed by atoms with Crippen LogP contribution >= 0.6 is 15.9 Å². The number of methoxy groups -OCH3 is 1. The number of carbonyl (C=O) groups is 3. The van der Waals surface area contributed by atoms with Crippen LogP contribution in [0.4, 0.5) is 0 Å². The summed E-state index contributed by atoms with van der Waals surface area (Å²) < 4.78 is 22.4. The second kappa shape index (κ2) is 20.8. The topological polar surface area (TPSA) is 88.1 Å². The van der Waals surface area contributed by atoms with Gasteiger partial charge in [0.1, 0.15) is 23.0 Å². The molecule has 0 bridgehead atoms. The number of ether oxygens (including phenoxy) is 4. The van der Waals surface area contributed by atoms with Gasteiger partial charge in [-0.1, -0.05) is 108 Å². The van der Waals surface area contributed by atoms with E-state index in [1.54, 1.807) is 49.6 Å². The second-order valence-corrected chi connectivity index (χ2v) is 21.0. The molecule has 8 heteroatoms. The molecule has 0 N–H and O–H groups in total. The number of benzene rings is 6. The van der Waals surface area contributed by atoms with E-state index in [2.05, 4.69) is 115 Å². The Morgan fingerprint density at radius 3 is 1.17 bits per heavy atom. The van der Waals surface area contributed by atoms with Crippen molar-refractivity contribution in [3.8, 4) is 23.0 Å². The van der Waals surface area contributed by atoms with Crippen molar-refractivity contribution < 1.29 is 33.3 Å². The minimum absolute atomic E-state index is 0.165. The van der Waals surface area contributed by atoms with E-state index in [9.17, 15) is 14.4 Å². The third kappa shape index (κ3) is 12.9. The SMILES string of the molecule is CC1=CC(C)(C)Cc2ccc(OC(=O)c3ccccc3)cc21.CC1=CC(C)(C)Cc2ccc(OC(=O)c3ccccc3Br)cc21.COc1ccc(C(=O)Oc2ccc3c(c2)C(C)=CC(C)(C)C3)cc1. The number of allylic oxidation sites excluding steroid dienone is 6. The van der Waals surface area contributed by atoms with E-state index in [1.165, 1.54) is 44.5 Å². The first-order valence-electron chi connectivity index (χ1n) is 23.3. The van der Waals surface area contributed by atoms with Gasteiger partial charge >= 0.3 is 17.9 Å². The van der Waals surface area contributed by atoms with Gasteiger partial charge in [0.15, 0.2) is 0 Å². The molecule has 7 nitrogen and oxygen atoms in total. The molecule has 0 aromatic heterocycles. The Morgan fingerprint density at radius 1 is 0.435 bits per heavy atom. The average molecular weight is 986 g/mol. The Balaban J connectivity index is 0.000000153. The lowest BCUT2D eigenvalue weighted by atomic mass is 9.76. The Labute approximate surface area is 416 Å². The van der Waals surface area contributed by atoms with Gasteiger partial charge in [0, 0.05) is 4.47 Å². The van der Waals surface area contributed by atoms with Crippen molar-refractivity contribution in [2.75, 3.05) is 7.11 Å². The predicted octanol–water partition coefficient (Wildman–Crippen LogP) is 15.4. The van der Waals surface area contributed by atoms with Crippen LogP contribution in [0.5, 0.6) is 23.0 Å². The van der Waals surface area contributed by atoms with Gasteiger partial charge in [-0.15, -0.1) is 0 Å². The van der Waals surface area contributed by atoms with Crippen LogP contribution < -0.4 is 18.9 Å². The Hall–Kier alpha value is -6.77. The maximum Gasteiger partial charge on any atom is 0.344 e. The molecule has 69 heavy (non-hydrogen) atoms. The summed E-state index contributed by atoms with van der Waals surface area (Å²) >= 11 is 3.38. The highest BCUT2D eigenvalue weighted by Crippen LogP contribution is 2.40. The summed E-state index contributed by atoms with van der Waals surface area (Å²) in [5.74, 6) is 1.42. The zero-order valence-corrected chi connectivity index (χ0v) is 42.9. The molecule has 3 aliphatic rings. The van der Waals surface area contributed by atoms with Crippen molar-refractivity contribution in [2.24, 2.45) is 16.2 Å². The largest absolute Gasteiger partial charge is 0.497 e. The van der Waals surface area contributed by atoms with Crippen LogP contribution in [-0.2, 0) is 19.3 Å². The molecule has 6 aromatic carbocycles. The fourth-order valence-electron chi connectivity index (χ4n) is 9.46. The summed E-state index contributed by atoms with van der Waals surface area (Å²) in [6.07, 6.45) is 9.86. The van der Waals surface area contributed by atoms with Gasteiger partial charge in [0.2, 0.25) is 0 Å². The molecule has 0 radical (unpaired) electrons. The minimum atomic E-state index is -0.365. The monoisotopic (exact) mass is 984 g/mol. The van der Waals surface area contributed by atoms with Crippen LogP contribution in [0, 0.1) is 16.2 Å². The quantitative estimate of drug-likeness (QED) is 0.116. The Bertz CT molecular complexity index is 2990. The van der Waals surface area contributed by atoms with Gasteiger partial charge in [0.05, 0.1) is 23.8 Å². The number of hydrogen-bond donors (Lipinski definition) is 0. The van der Waals surface area contributed by atoms with Crippen molar-refractivity contribution in [3.05, 3.63) is 206 Å². The number of fused-ring (bicyclic) bond motifs is 3. The minimum Gasteiger partial charge on any atom is -0.497 e. The third-order valence-corrected chi connectivity index (χ3v) is 13.0. The molecule has 0 saturated heterocycles. The molecule has 3 aliphatic carbocycles. The van der Waals surface area contributed by atoms with E-state index in [-0.39, 0.29) is 34.2 Å². The van der Waals surface area contributed by atoms with Gasteiger partial charge < -0.3 is 18.9 Å². The smallest absolute Gasteiger partial charge is 0.344 e. The average Bonchev–Trinajstić information content (AvgIpc) is 3.29. The number of hydrogen-bond acceptors (Lipinski definition) is 7. The highest BCUT2D eigenvalue weighted by atomic mass is 79.9. The number of rotatable bonds is 7. The molecule has 0 amide bonds. The Kier molecular flexibility index (Phi) is 15.1. The van der Waals surface area contributed by atoms with E-state index in [0.29, 0.717) is 39.7 Å². The maximum absolute atomic E-state index is 12.3. The molecule has 354 valence electrons. The first-order chi connectivity index (χ1) is 32.7. The van der Waals surface area contributed by atoms with E-state index < -0.39 is 0 Å². The van der Waals surface area contributed by atoms with E-state index in [1.807, 2.05) is 72.8 Å². The van der Waals surface area contributed by atoms with E-state index >= 15 is 0 Å². The molecule has 0 spiro atoms. The van der Waals surface area contributed by atoms with Crippen molar-refractivity contribution >= 4 is 50.6 Å². The highest BCUT2D eigenvalue weighted by Gasteiger charge is 2.27. The van der Waals surface area contributed by atoms with Crippen molar-refractivity contribution in [1.29, 1.82) is 0 Å². The lowest BCUT2D eigenvalue weighted by Gasteiger charge is -2.29. The second-order valence-electron chi connectivity index (χ2n) is 20.2. The lowest BCUT2D eigenvalue weighted by Crippen LogP contribution is -2.17. The first-order valence-corrected chi connectivity index (χ1v) is 24.1. The summed E-state index contributed by atoms with van der Waals surface area (Å²) in [4.78, 5) is 36.7. The maximum atomic E-state index is 12.3. The number of halogens is 1. The van der Waals surface area contributed by atoms with E-state index in [4.69, 9.17) is 18.9 Å². The molecule has 0 heterocycles. The summed E-state index contributed by atoms with van der Waals surface area (Å²) in [6.45, 7) is 19.7. The zero-order chi connectivity index (χ0) is 49.7. The Morgan fingerprint density at radius 2 is 0.783 bits per heavy atom. The fraction of sp³-hybridized carbons (Fsp3) is 0.262. The van der Waals surface area contributed by atoms with Crippen LogP contribution in [0.2, 0.25) is 0 Å². The van der Waals surface area contributed by atoms with Crippen LogP contribution in [-0.4, -0.2) is 25.0 Å². The summed E-state index contributed by atoms with van der Waals surface area (Å²) in [6, 6.07) is 41.0. The standard InChI is InChI=1S/C21H22O3.C20H19BrO2.C20H20O2/c1-14-12-21(2,3)13-16-7-10-18(11-19(14)16)24-20(22)15-5-8-17(23-4)9-6-15;1-13-11-20(2,3)12-14-8-9-15(10-17(13)14)23-19(22)16-6-4-5-7-18(16)21;1-14-12-20(2,3)13-16-9-10-17(11-18(14)16)22-19(21)15-7-5-4-6-8-15/h5-12H,13H2,1-4H3;4-11H,12H2,1-3H3;4-12H,13H2,1-3H3. The van der Waals surface area contributed by atoms with Crippen molar-refractivity contribution in [2.45, 2.75) is 81.6 Å². The molecule has 0 saturated carbocycles. The number of carbonyl (C=O) groups excluding carboxylic acids is 3. The molecular formula is C61H61BrO7. The van der Waals surface area contributed by atoms with Crippen molar-refractivity contribution in [1.82, 2.24) is 0 Å². The van der Waals surface area contributed by atoms with Crippen LogP contribution in [0.3, 0.4) is 0 Å². The van der Waals surface area contributed by atoms with Crippen molar-refractivity contribution in [3.63, 3.8) is 0 Å². The summed E-state index contributed by atoms with van der Waals surface area (Å²) in [5, 5.41) is 0. The van der Waals surface area contributed by atoms with Crippen LogP contribution in [0.1, 0.15) is 127 Å². The van der Waals surface area contributed by atoms with Gasteiger partial charge in [-0.2, -0.15) is 0 Å². The predicted molar refractivity (Wildman–Crippen MR) is 281 cm³/mol. The molecular weight excluding hydrogens is 925 g/mol.